The Morgan fingerprint density at radius 3 is 2.50 bits per heavy atom. The Morgan fingerprint density at radius 1 is 1.15 bits per heavy atom. The van der Waals surface area contributed by atoms with Crippen molar-refractivity contribution in [3.05, 3.63) is 71.8 Å². The lowest BCUT2D eigenvalue weighted by atomic mass is 9.78. The molecule has 1 aliphatic heterocycles. The highest BCUT2D eigenvalue weighted by molar-refractivity contribution is 6.16. The van der Waals surface area contributed by atoms with E-state index in [-0.39, 0.29) is 18.6 Å². The molecule has 3 rings (SSSR count). The number of esters is 1. The van der Waals surface area contributed by atoms with E-state index in [0.717, 1.165) is 5.56 Å². The molecule has 1 aliphatic rings. The van der Waals surface area contributed by atoms with Gasteiger partial charge in [-0.3, -0.25) is 4.79 Å². The van der Waals surface area contributed by atoms with Crippen LogP contribution in [-0.4, -0.2) is 36.2 Å². The highest BCUT2D eigenvalue weighted by Gasteiger charge is 2.47. The van der Waals surface area contributed by atoms with Crippen LogP contribution < -0.4 is 4.90 Å². The molecule has 1 unspecified atom stereocenters. The van der Waals surface area contributed by atoms with Gasteiger partial charge in [0.25, 0.3) is 5.91 Å². The summed E-state index contributed by atoms with van der Waals surface area (Å²) >= 11 is 0. The van der Waals surface area contributed by atoms with E-state index in [4.69, 9.17) is 4.74 Å². The van der Waals surface area contributed by atoms with Gasteiger partial charge in [0.05, 0.1) is 12.3 Å². The van der Waals surface area contributed by atoms with E-state index in [1.807, 2.05) is 42.5 Å². The summed E-state index contributed by atoms with van der Waals surface area (Å²) < 4.78 is 5.01. The molecule has 5 heteroatoms. The average molecular weight is 351 g/mol. The summed E-state index contributed by atoms with van der Waals surface area (Å²) in [4.78, 5) is 26.6. The van der Waals surface area contributed by atoms with Gasteiger partial charge in [0, 0.05) is 30.7 Å². The first-order chi connectivity index (χ1) is 12.5. The molecular weight excluding hydrogens is 330 g/mol. The van der Waals surface area contributed by atoms with Gasteiger partial charge in [-0.05, 0) is 18.6 Å². The molecule has 0 saturated carbocycles. The molecule has 2 aromatic carbocycles. The second kappa shape index (κ2) is 7.14. The van der Waals surface area contributed by atoms with Crippen molar-refractivity contribution in [1.29, 1.82) is 0 Å². The third kappa shape index (κ3) is 3.13. The molecule has 1 heterocycles. The van der Waals surface area contributed by atoms with E-state index >= 15 is 0 Å². The number of para-hydroxylation sites is 1. The molecule has 0 fully saturated rings. The van der Waals surface area contributed by atoms with Crippen LogP contribution in [0.4, 0.5) is 5.69 Å². The van der Waals surface area contributed by atoms with Crippen LogP contribution in [0.15, 0.2) is 60.7 Å². The number of likely N-dealkylation sites (N-methyl/N-ethyl adjacent to an activating group) is 1. The molecule has 0 radical (unpaired) electrons. The van der Waals surface area contributed by atoms with Crippen molar-refractivity contribution in [1.82, 2.24) is 0 Å². The molecule has 1 amide bonds. The number of fused-ring (bicyclic) bond motifs is 1. The molecule has 0 aliphatic carbocycles. The lowest BCUT2D eigenvalue weighted by Crippen LogP contribution is -2.53. The number of amides is 1. The van der Waals surface area contributed by atoms with Crippen molar-refractivity contribution >= 4 is 23.1 Å². The fraction of sp³-hybridized carbons (Fsp3) is 0.238. The molecule has 26 heavy (non-hydrogen) atoms. The van der Waals surface area contributed by atoms with Gasteiger partial charge < -0.3 is 14.7 Å². The molecule has 0 aromatic heterocycles. The number of hydrogen-bond acceptors (Lipinski definition) is 4. The van der Waals surface area contributed by atoms with Crippen LogP contribution in [0.2, 0.25) is 0 Å². The molecule has 0 saturated heterocycles. The molecule has 134 valence electrons. The van der Waals surface area contributed by atoms with Crippen molar-refractivity contribution in [3.63, 3.8) is 0 Å². The molecule has 1 atom stereocenters. The summed E-state index contributed by atoms with van der Waals surface area (Å²) in [5, 5.41) is 11.4. The number of hydrogen-bond donors (Lipinski definition) is 1. The molecule has 5 nitrogen and oxygen atoms in total. The highest BCUT2D eigenvalue weighted by Crippen LogP contribution is 2.42. The maximum atomic E-state index is 13.0. The number of anilines is 1. The highest BCUT2D eigenvalue weighted by atomic mass is 16.5. The van der Waals surface area contributed by atoms with Crippen LogP contribution in [0.25, 0.3) is 5.57 Å². The lowest BCUT2D eigenvalue weighted by Gasteiger charge is -2.39. The maximum Gasteiger partial charge on any atom is 0.331 e. The largest absolute Gasteiger partial charge is 0.463 e. The van der Waals surface area contributed by atoms with Gasteiger partial charge in [-0.25, -0.2) is 4.79 Å². The number of carbonyl (C=O) groups is 2. The summed E-state index contributed by atoms with van der Waals surface area (Å²) in [6, 6.07) is 16.4. The van der Waals surface area contributed by atoms with Gasteiger partial charge in [0.2, 0.25) is 0 Å². The Hall–Kier alpha value is -2.92. The van der Waals surface area contributed by atoms with Crippen LogP contribution >= 0.6 is 0 Å². The summed E-state index contributed by atoms with van der Waals surface area (Å²) in [5.41, 5.74) is 0.494. The number of ether oxygens (including phenoxy) is 1. The third-order valence-electron chi connectivity index (χ3n) is 4.51. The van der Waals surface area contributed by atoms with Crippen LogP contribution in [-0.2, 0) is 20.7 Å². The first-order valence-corrected chi connectivity index (χ1v) is 8.50. The number of benzene rings is 2. The second-order valence-corrected chi connectivity index (χ2v) is 6.21. The van der Waals surface area contributed by atoms with Crippen LogP contribution in [0.1, 0.15) is 18.1 Å². The Labute approximate surface area is 152 Å². The molecule has 1 N–H and O–H groups in total. The maximum absolute atomic E-state index is 13.0. The first-order valence-electron chi connectivity index (χ1n) is 8.50. The second-order valence-electron chi connectivity index (χ2n) is 6.21. The number of carbonyl (C=O) groups excluding carboxylic acids is 2. The van der Waals surface area contributed by atoms with Crippen LogP contribution in [0, 0.1) is 0 Å². The van der Waals surface area contributed by atoms with Crippen molar-refractivity contribution in [2.45, 2.75) is 18.9 Å². The quantitative estimate of drug-likeness (QED) is 0.679. The van der Waals surface area contributed by atoms with Gasteiger partial charge in [-0.15, -0.1) is 0 Å². The standard InChI is InChI=1S/C21H21NO4/c1-3-26-19(23)13-17-16-11-7-8-12-18(16)22(2)20(24)21(17,25)14-15-9-5-4-6-10-15/h4-13,25H,3,14H2,1-2H3/b17-13+. The summed E-state index contributed by atoms with van der Waals surface area (Å²) in [6.07, 6.45) is 1.30. The molecule has 0 bridgehead atoms. The topological polar surface area (TPSA) is 66.8 Å². The smallest absolute Gasteiger partial charge is 0.331 e. The lowest BCUT2D eigenvalue weighted by molar-refractivity contribution is -0.137. The van der Waals surface area contributed by atoms with E-state index < -0.39 is 17.5 Å². The zero-order valence-corrected chi connectivity index (χ0v) is 14.8. The Kier molecular flexibility index (Phi) is 4.91. The minimum atomic E-state index is -1.85. The SMILES string of the molecule is CCOC(=O)/C=C1\c2ccccc2N(C)C(=O)C1(O)Cc1ccccc1. The van der Waals surface area contributed by atoms with Crippen LogP contribution in [0.5, 0.6) is 0 Å². The Balaban J connectivity index is 2.16. The Morgan fingerprint density at radius 2 is 1.81 bits per heavy atom. The summed E-state index contributed by atoms with van der Waals surface area (Å²) in [5.74, 6) is -1.06. The molecule has 0 spiro atoms. The fourth-order valence-electron chi connectivity index (χ4n) is 3.28. The van der Waals surface area contributed by atoms with Gasteiger partial charge in [0.1, 0.15) is 0 Å². The van der Waals surface area contributed by atoms with Gasteiger partial charge >= 0.3 is 5.97 Å². The zero-order chi connectivity index (χ0) is 18.7. The van der Waals surface area contributed by atoms with Gasteiger partial charge in [-0.1, -0.05) is 48.5 Å². The number of aliphatic hydroxyl groups is 1. The van der Waals surface area contributed by atoms with E-state index in [0.29, 0.717) is 11.3 Å². The summed E-state index contributed by atoms with van der Waals surface area (Å²) in [6.45, 7) is 1.93. The predicted molar refractivity (Wildman–Crippen MR) is 99.6 cm³/mol. The minimum Gasteiger partial charge on any atom is -0.463 e. The van der Waals surface area contributed by atoms with Crippen molar-refractivity contribution < 1.29 is 19.4 Å². The van der Waals surface area contributed by atoms with Crippen LogP contribution in [0.3, 0.4) is 0 Å². The Bertz CT molecular complexity index is 859. The van der Waals surface area contributed by atoms with E-state index in [1.54, 1.807) is 26.1 Å². The number of nitrogens with zero attached hydrogens (tertiary/aromatic N) is 1. The minimum absolute atomic E-state index is 0.0661. The summed E-state index contributed by atoms with van der Waals surface area (Å²) in [7, 11) is 1.62. The normalized spacial score (nSPS) is 20.8. The first kappa shape index (κ1) is 17.9. The van der Waals surface area contributed by atoms with E-state index in [9.17, 15) is 14.7 Å². The average Bonchev–Trinajstić information content (AvgIpc) is 2.65. The molecular formula is C21H21NO4. The number of rotatable bonds is 4. The van der Waals surface area contributed by atoms with Crippen molar-refractivity contribution in [3.8, 4) is 0 Å². The zero-order valence-electron chi connectivity index (χ0n) is 14.8. The molecule has 2 aromatic rings. The monoisotopic (exact) mass is 351 g/mol. The van der Waals surface area contributed by atoms with E-state index in [2.05, 4.69) is 0 Å². The predicted octanol–water partition coefficient (Wildman–Crippen LogP) is 2.58. The van der Waals surface area contributed by atoms with Crippen molar-refractivity contribution in [2.75, 3.05) is 18.6 Å². The van der Waals surface area contributed by atoms with Crippen molar-refractivity contribution in [2.24, 2.45) is 0 Å². The third-order valence-corrected chi connectivity index (χ3v) is 4.51. The van der Waals surface area contributed by atoms with Gasteiger partial charge in [0.15, 0.2) is 5.60 Å². The van der Waals surface area contributed by atoms with Gasteiger partial charge in [-0.2, -0.15) is 0 Å². The van der Waals surface area contributed by atoms with E-state index in [1.165, 1.54) is 11.0 Å². The fourth-order valence-corrected chi connectivity index (χ4v) is 3.28.